The quantitative estimate of drug-likeness (QED) is 0.767. The molecule has 1 aromatic carbocycles. The second-order valence-corrected chi connectivity index (χ2v) is 8.07. The molecule has 138 valence electrons. The normalized spacial score (nSPS) is 26.1. The van der Waals surface area contributed by atoms with E-state index < -0.39 is 0 Å². The summed E-state index contributed by atoms with van der Waals surface area (Å²) in [6.07, 6.45) is 6.69. The van der Waals surface area contributed by atoms with Gasteiger partial charge in [-0.3, -0.25) is 9.69 Å². The number of hydrogen-bond acceptors (Lipinski definition) is 2. The molecule has 1 amide bonds. The molecule has 0 bridgehead atoms. The average molecular weight is 343 g/mol. The number of nitrogens with zero attached hydrogens (tertiary/aromatic N) is 1. The second-order valence-electron chi connectivity index (χ2n) is 8.07. The van der Waals surface area contributed by atoms with Gasteiger partial charge in [0.25, 0.3) is 0 Å². The van der Waals surface area contributed by atoms with E-state index in [2.05, 4.69) is 54.4 Å². The maximum absolute atomic E-state index is 12.7. The SMILES string of the molecule is CCCC(CCC)C(=O)NC1CCC2CN(Cc3ccccc3)CC21. The largest absolute Gasteiger partial charge is 0.353 e. The van der Waals surface area contributed by atoms with Gasteiger partial charge >= 0.3 is 0 Å². The fourth-order valence-electron chi connectivity index (χ4n) is 4.91. The van der Waals surface area contributed by atoms with E-state index in [1.54, 1.807) is 0 Å². The van der Waals surface area contributed by atoms with Gasteiger partial charge in [0, 0.05) is 31.6 Å². The lowest BCUT2D eigenvalue weighted by atomic mass is 9.94. The van der Waals surface area contributed by atoms with Crippen molar-refractivity contribution in [2.75, 3.05) is 13.1 Å². The summed E-state index contributed by atoms with van der Waals surface area (Å²) in [6, 6.07) is 11.2. The van der Waals surface area contributed by atoms with Crippen molar-refractivity contribution in [2.24, 2.45) is 17.8 Å². The number of carbonyl (C=O) groups excluding carboxylic acids is 1. The molecule has 3 nitrogen and oxygen atoms in total. The number of fused-ring (bicyclic) bond motifs is 1. The topological polar surface area (TPSA) is 32.3 Å². The van der Waals surface area contributed by atoms with E-state index in [1.165, 1.54) is 24.9 Å². The highest BCUT2D eigenvalue weighted by Gasteiger charge is 2.43. The molecule has 1 saturated carbocycles. The van der Waals surface area contributed by atoms with Crippen LogP contribution in [0.25, 0.3) is 0 Å². The van der Waals surface area contributed by atoms with E-state index in [0.29, 0.717) is 17.9 Å². The maximum atomic E-state index is 12.7. The van der Waals surface area contributed by atoms with Gasteiger partial charge < -0.3 is 5.32 Å². The molecule has 1 aliphatic heterocycles. The first-order valence-electron chi connectivity index (χ1n) is 10.3. The average Bonchev–Trinajstić information content (AvgIpc) is 3.17. The molecular formula is C22H34N2O. The van der Waals surface area contributed by atoms with Gasteiger partial charge in [0.15, 0.2) is 0 Å². The summed E-state index contributed by atoms with van der Waals surface area (Å²) in [5.74, 6) is 1.95. The zero-order valence-electron chi connectivity index (χ0n) is 15.9. The minimum Gasteiger partial charge on any atom is -0.353 e. The summed E-state index contributed by atoms with van der Waals surface area (Å²) in [5, 5.41) is 3.44. The van der Waals surface area contributed by atoms with Crippen molar-refractivity contribution >= 4 is 5.91 Å². The molecule has 3 heteroatoms. The van der Waals surface area contributed by atoms with Gasteiger partial charge in [-0.15, -0.1) is 0 Å². The lowest BCUT2D eigenvalue weighted by Gasteiger charge is -2.24. The van der Waals surface area contributed by atoms with Crippen LogP contribution in [0, 0.1) is 17.8 Å². The number of amides is 1. The predicted octanol–water partition coefficient (Wildman–Crippen LogP) is 4.23. The molecule has 1 aliphatic carbocycles. The molecule has 2 fully saturated rings. The molecule has 0 radical (unpaired) electrons. The zero-order valence-corrected chi connectivity index (χ0v) is 15.9. The van der Waals surface area contributed by atoms with E-state index in [1.807, 2.05) is 0 Å². The van der Waals surface area contributed by atoms with Crippen molar-refractivity contribution in [1.29, 1.82) is 0 Å². The fraction of sp³-hybridized carbons (Fsp3) is 0.682. The molecule has 1 saturated heterocycles. The van der Waals surface area contributed by atoms with Crippen LogP contribution in [0.1, 0.15) is 57.9 Å². The Hall–Kier alpha value is -1.35. The lowest BCUT2D eigenvalue weighted by Crippen LogP contribution is -2.42. The summed E-state index contributed by atoms with van der Waals surface area (Å²) in [7, 11) is 0. The van der Waals surface area contributed by atoms with Crippen molar-refractivity contribution in [1.82, 2.24) is 10.2 Å². The molecule has 1 aromatic rings. The van der Waals surface area contributed by atoms with Crippen molar-refractivity contribution < 1.29 is 4.79 Å². The molecule has 0 spiro atoms. The predicted molar refractivity (Wildman–Crippen MR) is 103 cm³/mol. The first-order chi connectivity index (χ1) is 12.2. The number of carbonyl (C=O) groups is 1. The Morgan fingerprint density at radius 2 is 1.84 bits per heavy atom. The van der Waals surface area contributed by atoms with Gasteiger partial charge in [-0.25, -0.2) is 0 Å². The Kier molecular flexibility index (Phi) is 6.52. The van der Waals surface area contributed by atoms with E-state index in [0.717, 1.165) is 44.7 Å². The van der Waals surface area contributed by atoms with E-state index in [-0.39, 0.29) is 5.92 Å². The Bertz CT molecular complexity index is 538. The van der Waals surface area contributed by atoms with Crippen molar-refractivity contribution in [3.05, 3.63) is 35.9 Å². The highest BCUT2D eigenvalue weighted by atomic mass is 16.1. The number of likely N-dealkylation sites (tertiary alicyclic amines) is 1. The summed E-state index contributed by atoms with van der Waals surface area (Å²) in [4.78, 5) is 15.3. The smallest absolute Gasteiger partial charge is 0.223 e. The van der Waals surface area contributed by atoms with Crippen LogP contribution in [0.3, 0.4) is 0 Å². The van der Waals surface area contributed by atoms with Crippen molar-refractivity contribution in [2.45, 2.75) is 65.0 Å². The fourth-order valence-corrected chi connectivity index (χ4v) is 4.91. The van der Waals surface area contributed by atoms with Crippen molar-refractivity contribution in [3.63, 3.8) is 0 Å². The van der Waals surface area contributed by atoms with Crippen LogP contribution in [0.2, 0.25) is 0 Å². The summed E-state index contributed by atoms with van der Waals surface area (Å²) in [6.45, 7) is 7.73. The number of benzene rings is 1. The lowest BCUT2D eigenvalue weighted by molar-refractivity contribution is -0.126. The van der Waals surface area contributed by atoms with Gasteiger partial charge in [0.05, 0.1) is 0 Å². The van der Waals surface area contributed by atoms with Crippen LogP contribution in [0.4, 0.5) is 0 Å². The minimum atomic E-state index is 0.218. The van der Waals surface area contributed by atoms with E-state index >= 15 is 0 Å². The van der Waals surface area contributed by atoms with Crippen LogP contribution in [0.5, 0.6) is 0 Å². The number of nitrogens with one attached hydrogen (secondary N) is 1. The first kappa shape index (κ1) is 18.4. The molecule has 3 unspecified atom stereocenters. The van der Waals surface area contributed by atoms with Crippen LogP contribution in [-0.2, 0) is 11.3 Å². The third kappa shape index (κ3) is 4.63. The third-order valence-electron chi connectivity index (χ3n) is 6.15. The van der Waals surface area contributed by atoms with Gasteiger partial charge in [-0.2, -0.15) is 0 Å². The van der Waals surface area contributed by atoms with Gasteiger partial charge in [-0.05, 0) is 43.1 Å². The summed E-state index contributed by atoms with van der Waals surface area (Å²) in [5.41, 5.74) is 1.40. The molecule has 0 aromatic heterocycles. The van der Waals surface area contributed by atoms with E-state index in [9.17, 15) is 4.79 Å². The van der Waals surface area contributed by atoms with Crippen LogP contribution in [-0.4, -0.2) is 29.9 Å². The maximum Gasteiger partial charge on any atom is 0.223 e. The van der Waals surface area contributed by atoms with Crippen LogP contribution < -0.4 is 5.32 Å². The standard InChI is InChI=1S/C22H34N2O/c1-3-8-18(9-4-2)22(25)23-21-13-12-19-15-24(16-20(19)21)14-17-10-6-5-7-11-17/h5-7,10-11,18-21H,3-4,8-9,12-16H2,1-2H3,(H,23,25). The monoisotopic (exact) mass is 342 g/mol. The molecule has 2 aliphatic rings. The Morgan fingerprint density at radius 1 is 1.12 bits per heavy atom. The Balaban J connectivity index is 1.54. The summed E-state index contributed by atoms with van der Waals surface area (Å²) >= 11 is 0. The molecular weight excluding hydrogens is 308 g/mol. The molecule has 1 N–H and O–H groups in total. The number of hydrogen-bond donors (Lipinski definition) is 1. The van der Waals surface area contributed by atoms with Crippen LogP contribution >= 0.6 is 0 Å². The molecule has 25 heavy (non-hydrogen) atoms. The van der Waals surface area contributed by atoms with Crippen LogP contribution in [0.15, 0.2) is 30.3 Å². The Morgan fingerprint density at radius 3 is 2.52 bits per heavy atom. The van der Waals surface area contributed by atoms with Gasteiger partial charge in [-0.1, -0.05) is 57.0 Å². The number of rotatable bonds is 8. The zero-order chi connectivity index (χ0) is 17.6. The van der Waals surface area contributed by atoms with E-state index in [4.69, 9.17) is 0 Å². The summed E-state index contributed by atoms with van der Waals surface area (Å²) < 4.78 is 0. The highest BCUT2D eigenvalue weighted by Crippen LogP contribution is 2.39. The molecule has 3 atom stereocenters. The second kappa shape index (κ2) is 8.84. The Labute approximate surface area is 153 Å². The molecule has 1 heterocycles. The minimum absolute atomic E-state index is 0.218. The highest BCUT2D eigenvalue weighted by molar-refractivity contribution is 5.79. The first-order valence-corrected chi connectivity index (χ1v) is 10.3. The molecule has 3 rings (SSSR count). The van der Waals surface area contributed by atoms with Gasteiger partial charge in [0.1, 0.15) is 0 Å². The van der Waals surface area contributed by atoms with Gasteiger partial charge in [0.2, 0.25) is 5.91 Å². The third-order valence-corrected chi connectivity index (χ3v) is 6.15. The van der Waals surface area contributed by atoms with Crippen molar-refractivity contribution in [3.8, 4) is 0 Å².